The van der Waals surface area contributed by atoms with Gasteiger partial charge in [0.15, 0.2) is 11.5 Å². The molecule has 168 valence electrons. The topological polar surface area (TPSA) is 46.7 Å². The Bertz CT molecular complexity index is 1310. The molecule has 0 unspecified atom stereocenters. The number of nitrogens with zero attached hydrogens (tertiary/aromatic N) is 1. The van der Waals surface area contributed by atoms with Crippen molar-refractivity contribution in [1.29, 1.82) is 0 Å². The molecule has 2 aliphatic heterocycles. The molecule has 5 heteroatoms. The zero-order chi connectivity index (χ0) is 22.4. The first-order chi connectivity index (χ1) is 16.2. The van der Waals surface area contributed by atoms with Crippen LogP contribution in [0, 0.1) is 0 Å². The quantitative estimate of drug-likeness (QED) is 0.450. The highest BCUT2D eigenvalue weighted by Crippen LogP contribution is 2.44. The second-order valence-electron chi connectivity index (χ2n) is 8.91. The van der Waals surface area contributed by atoms with Crippen molar-refractivity contribution < 1.29 is 14.2 Å². The maximum atomic E-state index is 6.19. The molecule has 0 fully saturated rings. The zero-order valence-corrected chi connectivity index (χ0v) is 19.1. The highest BCUT2D eigenvalue weighted by molar-refractivity contribution is 5.86. The fraction of sp³-hybridized carbons (Fsp3) is 0.286. The SMILES string of the molecule is COc1ccc2[nH]c3c(c2c1)C[C@H]1c2cc(OC)c(OCc4ccccc4)cc2CCN1C3. The highest BCUT2D eigenvalue weighted by atomic mass is 16.5. The van der Waals surface area contributed by atoms with Crippen molar-refractivity contribution in [2.75, 3.05) is 20.8 Å². The summed E-state index contributed by atoms with van der Waals surface area (Å²) in [5.41, 5.74) is 7.78. The largest absolute Gasteiger partial charge is 0.497 e. The summed E-state index contributed by atoms with van der Waals surface area (Å²) in [7, 11) is 3.45. The Morgan fingerprint density at radius 2 is 1.85 bits per heavy atom. The van der Waals surface area contributed by atoms with Gasteiger partial charge in [-0.2, -0.15) is 0 Å². The lowest BCUT2D eigenvalue weighted by molar-refractivity contribution is 0.158. The number of hydrogen-bond donors (Lipinski definition) is 1. The van der Waals surface area contributed by atoms with Crippen molar-refractivity contribution in [1.82, 2.24) is 9.88 Å². The van der Waals surface area contributed by atoms with E-state index < -0.39 is 0 Å². The Balaban J connectivity index is 1.34. The minimum atomic E-state index is 0.337. The van der Waals surface area contributed by atoms with Gasteiger partial charge in [-0.05, 0) is 65.4 Å². The van der Waals surface area contributed by atoms with Crippen molar-refractivity contribution in [2.45, 2.75) is 32.0 Å². The fourth-order valence-electron chi connectivity index (χ4n) is 5.37. The molecule has 0 radical (unpaired) electrons. The second kappa shape index (κ2) is 8.16. The number of methoxy groups -OCH3 is 2. The van der Waals surface area contributed by atoms with E-state index >= 15 is 0 Å². The number of benzene rings is 3. The summed E-state index contributed by atoms with van der Waals surface area (Å²) in [4.78, 5) is 6.23. The number of nitrogens with one attached hydrogen (secondary N) is 1. The minimum Gasteiger partial charge on any atom is -0.497 e. The molecule has 0 spiro atoms. The van der Waals surface area contributed by atoms with Crippen LogP contribution < -0.4 is 14.2 Å². The lowest BCUT2D eigenvalue weighted by atomic mass is 9.85. The van der Waals surface area contributed by atoms with Crippen molar-refractivity contribution >= 4 is 10.9 Å². The molecule has 5 nitrogen and oxygen atoms in total. The third kappa shape index (κ3) is 3.53. The Morgan fingerprint density at radius 1 is 0.970 bits per heavy atom. The van der Waals surface area contributed by atoms with E-state index in [0.29, 0.717) is 12.6 Å². The lowest BCUT2D eigenvalue weighted by Crippen LogP contribution is -2.39. The number of rotatable bonds is 5. The van der Waals surface area contributed by atoms with E-state index in [1.54, 1.807) is 14.2 Å². The van der Waals surface area contributed by atoms with Gasteiger partial charge in [-0.3, -0.25) is 4.90 Å². The number of fused-ring (bicyclic) bond motifs is 6. The summed E-state index contributed by atoms with van der Waals surface area (Å²) in [5, 5.41) is 1.27. The Hall–Kier alpha value is -3.44. The lowest BCUT2D eigenvalue weighted by Gasteiger charge is -2.40. The molecule has 1 aromatic heterocycles. The van der Waals surface area contributed by atoms with Crippen LogP contribution in [0.25, 0.3) is 10.9 Å². The van der Waals surface area contributed by atoms with Gasteiger partial charge in [0.1, 0.15) is 12.4 Å². The average molecular weight is 441 g/mol. The van der Waals surface area contributed by atoms with Gasteiger partial charge in [0.2, 0.25) is 0 Å². The first kappa shape index (κ1) is 20.2. The molecule has 0 amide bonds. The summed E-state index contributed by atoms with van der Waals surface area (Å²) < 4.78 is 17.4. The van der Waals surface area contributed by atoms with Crippen LogP contribution >= 0.6 is 0 Å². The number of aromatic nitrogens is 1. The van der Waals surface area contributed by atoms with Crippen molar-refractivity contribution in [2.24, 2.45) is 0 Å². The Morgan fingerprint density at radius 3 is 2.67 bits per heavy atom. The summed E-state index contributed by atoms with van der Waals surface area (Å²) in [6.45, 7) is 2.51. The smallest absolute Gasteiger partial charge is 0.161 e. The van der Waals surface area contributed by atoms with Crippen LogP contribution in [-0.2, 0) is 26.0 Å². The highest BCUT2D eigenvalue weighted by Gasteiger charge is 2.34. The van der Waals surface area contributed by atoms with Crippen molar-refractivity contribution in [3.8, 4) is 17.2 Å². The number of ether oxygens (including phenoxy) is 3. The molecule has 2 aliphatic rings. The minimum absolute atomic E-state index is 0.337. The first-order valence-electron chi connectivity index (χ1n) is 11.5. The fourth-order valence-corrected chi connectivity index (χ4v) is 5.37. The van der Waals surface area contributed by atoms with Crippen molar-refractivity contribution in [3.63, 3.8) is 0 Å². The number of H-pyrrole nitrogens is 1. The first-order valence-corrected chi connectivity index (χ1v) is 11.5. The predicted octanol–water partition coefficient (Wildman–Crippen LogP) is 5.42. The normalized spacial score (nSPS) is 17.2. The molecule has 0 saturated carbocycles. The molecule has 1 N–H and O–H groups in total. The van der Waals surface area contributed by atoms with Gasteiger partial charge < -0.3 is 19.2 Å². The van der Waals surface area contributed by atoms with Gasteiger partial charge in [-0.25, -0.2) is 0 Å². The zero-order valence-electron chi connectivity index (χ0n) is 19.1. The number of aromatic amines is 1. The Kier molecular flexibility index (Phi) is 4.99. The van der Waals surface area contributed by atoms with E-state index in [0.717, 1.165) is 48.7 Å². The maximum Gasteiger partial charge on any atom is 0.161 e. The van der Waals surface area contributed by atoms with Gasteiger partial charge >= 0.3 is 0 Å². The van der Waals surface area contributed by atoms with Crippen molar-refractivity contribution in [3.05, 3.63) is 88.6 Å². The van der Waals surface area contributed by atoms with Gasteiger partial charge in [0.25, 0.3) is 0 Å². The molecule has 0 aliphatic carbocycles. The molecule has 0 saturated heterocycles. The predicted molar refractivity (Wildman–Crippen MR) is 129 cm³/mol. The molecule has 3 heterocycles. The third-order valence-corrected chi connectivity index (χ3v) is 7.09. The van der Waals surface area contributed by atoms with Gasteiger partial charge in [0, 0.05) is 35.7 Å². The van der Waals surface area contributed by atoms with Crippen LogP contribution in [0.15, 0.2) is 60.7 Å². The molecular weight excluding hydrogens is 412 g/mol. The monoisotopic (exact) mass is 440 g/mol. The Labute approximate surface area is 193 Å². The van der Waals surface area contributed by atoms with Crippen LogP contribution in [0.5, 0.6) is 17.2 Å². The van der Waals surface area contributed by atoms with E-state index in [2.05, 4.69) is 46.3 Å². The van der Waals surface area contributed by atoms with Crippen LogP contribution in [0.1, 0.15) is 34.0 Å². The van der Waals surface area contributed by atoms with Gasteiger partial charge in [-0.1, -0.05) is 30.3 Å². The van der Waals surface area contributed by atoms with E-state index in [1.807, 2.05) is 24.3 Å². The van der Waals surface area contributed by atoms with Crippen LogP contribution in [-0.4, -0.2) is 30.6 Å². The van der Waals surface area contributed by atoms with E-state index in [1.165, 1.54) is 33.3 Å². The second-order valence-corrected chi connectivity index (χ2v) is 8.91. The van der Waals surface area contributed by atoms with E-state index in [-0.39, 0.29) is 0 Å². The molecular formula is C28H28N2O3. The molecule has 3 aromatic carbocycles. The molecule has 6 rings (SSSR count). The molecule has 1 atom stereocenters. The molecule has 33 heavy (non-hydrogen) atoms. The van der Waals surface area contributed by atoms with Crippen LogP contribution in [0.4, 0.5) is 0 Å². The summed E-state index contributed by atoms with van der Waals surface area (Å²) in [6.07, 6.45) is 1.99. The van der Waals surface area contributed by atoms with Crippen LogP contribution in [0.2, 0.25) is 0 Å². The third-order valence-electron chi connectivity index (χ3n) is 7.09. The van der Waals surface area contributed by atoms with E-state index in [9.17, 15) is 0 Å². The molecule has 0 bridgehead atoms. The summed E-state index contributed by atoms with van der Waals surface area (Å²) in [6, 6.07) is 21.3. The standard InChI is InChI=1S/C28H28N2O3/c1-31-20-8-9-24-22(13-20)23-14-26-21-15-27(32-2)28(33-17-18-6-4-3-5-7-18)12-19(21)10-11-30(26)16-25(23)29-24/h3-9,12-13,15,26,29H,10-11,14,16-17H2,1-2H3/t26-/m0/s1. The maximum absolute atomic E-state index is 6.19. The van der Waals surface area contributed by atoms with Crippen LogP contribution in [0.3, 0.4) is 0 Å². The average Bonchev–Trinajstić information content (AvgIpc) is 3.22. The molecule has 4 aromatic rings. The van der Waals surface area contributed by atoms with Gasteiger partial charge in [0.05, 0.1) is 14.2 Å². The summed E-state index contributed by atoms with van der Waals surface area (Å²) >= 11 is 0. The summed E-state index contributed by atoms with van der Waals surface area (Å²) in [5.74, 6) is 2.53. The number of hydrogen-bond acceptors (Lipinski definition) is 4. The van der Waals surface area contributed by atoms with Gasteiger partial charge in [-0.15, -0.1) is 0 Å². The van der Waals surface area contributed by atoms with E-state index in [4.69, 9.17) is 14.2 Å².